The van der Waals surface area contributed by atoms with E-state index in [1.54, 1.807) is 0 Å². The summed E-state index contributed by atoms with van der Waals surface area (Å²) in [7, 11) is 0. The molecule has 0 aliphatic rings. The van der Waals surface area contributed by atoms with E-state index >= 15 is 0 Å². The SMILES string of the molecule is O=C(Cl)c1nc(C(F)F)cc(Br)c1[N+](=O)[O-]. The lowest BCUT2D eigenvalue weighted by Gasteiger charge is -2.03. The van der Waals surface area contributed by atoms with Crippen LogP contribution in [-0.4, -0.2) is 15.1 Å². The minimum Gasteiger partial charge on any atom is -0.274 e. The van der Waals surface area contributed by atoms with Gasteiger partial charge in [0, 0.05) is 0 Å². The summed E-state index contributed by atoms with van der Waals surface area (Å²) in [5.41, 5.74) is -2.30. The van der Waals surface area contributed by atoms with Crippen molar-refractivity contribution in [2.45, 2.75) is 6.43 Å². The molecule has 1 aromatic rings. The predicted molar refractivity (Wildman–Crippen MR) is 53.7 cm³/mol. The van der Waals surface area contributed by atoms with Crippen LogP contribution in [-0.2, 0) is 0 Å². The molecule has 0 amide bonds. The summed E-state index contributed by atoms with van der Waals surface area (Å²) >= 11 is 7.74. The Balaban J connectivity index is 3.52. The molecule has 0 aliphatic heterocycles. The van der Waals surface area contributed by atoms with Gasteiger partial charge in [0.2, 0.25) is 5.69 Å². The fraction of sp³-hybridized carbons (Fsp3) is 0.143. The Hall–Kier alpha value is -1.15. The van der Waals surface area contributed by atoms with Gasteiger partial charge in [0.1, 0.15) is 5.69 Å². The summed E-state index contributed by atoms with van der Waals surface area (Å²) in [5.74, 6) is 0. The molecule has 0 aliphatic carbocycles. The normalized spacial score (nSPS) is 10.6. The number of carbonyl (C=O) groups excluding carboxylic acids is 1. The first-order valence-electron chi connectivity index (χ1n) is 3.67. The number of nitrogens with zero attached hydrogens (tertiary/aromatic N) is 2. The molecular formula is C7H2BrClF2N2O3. The Bertz CT molecular complexity index is 469. The van der Waals surface area contributed by atoms with Gasteiger partial charge in [-0.2, -0.15) is 0 Å². The van der Waals surface area contributed by atoms with Crippen molar-refractivity contribution in [3.8, 4) is 0 Å². The maximum absolute atomic E-state index is 12.3. The van der Waals surface area contributed by atoms with E-state index in [-0.39, 0.29) is 4.47 Å². The molecule has 0 fully saturated rings. The van der Waals surface area contributed by atoms with E-state index in [9.17, 15) is 23.7 Å². The number of rotatable bonds is 3. The monoisotopic (exact) mass is 314 g/mol. The summed E-state index contributed by atoms with van der Waals surface area (Å²) in [6, 6.07) is 0.770. The molecule has 9 heteroatoms. The van der Waals surface area contributed by atoms with E-state index in [1.807, 2.05) is 0 Å². The van der Waals surface area contributed by atoms with Gasteiger partial charge < -0.3 is 0 Å². The number of hydrogen-bond acceptors (Lipinski definition) is 4. The fourth-order valence-electron chi connectivity index (χ4n) is 0.948. The number of halogens is 4. The van der Waals surface area contributed by atoms with Gasteiger partial charge in [-0.05, 0) is 33.6 Å². The largest absolute Gasteiger partial charge is 0.314 e. The van der Waals surface area contributed by atoms with Gasteiger partial charge in [-0.25, -0.2) is 13.8 Å². The molecule has 0 saturated carbocycles. The molecule has 16 heavy (non-hydrogen) atoms. The minimum absolute atomic E-state index is 0.271. The van der Waals surface area contributed by atoms with Crippen molar-refractivity contribution in [2.24, 2.45) is 0 Å². The van der Waals surface area contributed by atoms with E-state index in [4.69, 9.17) is 11.6 Å². The summed E-state index contributed by atoms with van der Waals surface area (Å²) in [6.07, 6.45) is -2.95. The first-order valence-corrected chi connectivity index (χ1v) is 4.84. The third-order valence-electron chi connectivity index (χ3n) is 1.56. The molecule has 5 nitrogen and oxygen atoms in total. The summed E-state index contributed by atoms with van der Waals surface area (Å²) in [4.78, 5) is 23.6. The van der Waals surface area contributed by atoms with Gasteiger partial charge in [0.15, 0.2) is 0 Å². The predicted octanol–water partition coefficient (Wildman–Crippen LogP) is 3.07. The van der Waals surface area contributed by atoms with Crippen molar-refractivity contribution in [3.05, 3.63) is 32.0 Å². The number of alkyl halides is 2. The van der Waals surface area contributed by atoms with Gasteiger partial charge in [-0.15, -0.1) is 0 Å². The van der Waals surface area contributed by atoms with Crippen molar-refractivity contribution in [3.63, 3.8) is 0 Å². The van der Waals surface area contributed by atoms with E-state index < -0.39 is 33.7 Å². The molecule has 0 unspecified atom stereocenters. The molecular weight excluding hydrogens is 313 g/mol. The van der Waals surface area contributed by atoms with Crippen LogP contribution in [0.2, 0.25) is 0 Å². The molecule has 0 aromatic carbocycles. The highest BCUT2D eigenvalue weighted by molar-refractivity contribution is 9.10. The van der Waals surface area contributed by atoms with Crippen LogP contribution in [0.15, 0.2) is 10.5 Å². The van der Waals surface area contributed by atoms with E-state index in [0.717, 1.165) is 6.07 Å². The molecule has 1 heterocycles. The fourth-order valence-corrected chi connectivity index (χ4v) is 1.65. The van der Waals surface area contributed by atoms with Crippen LogP contribution in [0.25, 0.3) is 0 Å². The molecule has 0 N–H and O–H groups in total. The van der Waals surface area contributed by atoms with E-state index in [0.29, 0.717) is 0 Å². The molecule has 0 saturated heterocycles. The van der Waals surface area contributed by atoms with Gasteiger partial charge in [-0.3, -0.25) is 14.9 Å². The second kappa shape index (κ2) is 4.79. The zero-order chi connectivity index (χ0) is 12.5. The molecule has 0 spiro atoms. The molecule has 86 valence electrons. The third kappa shape index (κ3) is 2.50. The van der Waals surface area contributed by atoms with Crippen molar-refractivity contribution < 1.29 is 18.5 Å². The lowest BCUT2D eigenvalue weighted by Crippen LogP contribution is -2.05. The van der Waals surface area contributed by atoms with Crippen LogP contribution in [0, 0.1) is 10.1 Å². The second-order valence-electron chi connectivity index (χ2n) is 2.56. The Morgan fingerprint density at radius 1 is 1.62 bits per heavy atom. The van der Waals surface area contributed by atoms with E-state index in [1.165, 1.54) is 0 Å². The number of nitro groups is 1. The van der Waals surface area contributed by atoms with Crippen LogP contribution in [0.5, 0.6) is 0 Å². The molecule has 1 rings (SSSR count). The highest BCUT2D eigenvalue weighted by Crippen LogP contribution is 2.32. The first-order chi connectivity index (χ1) is 7.34. The second-order valence-corrected chi connectivity index (χ2v) is 3.76. The highest BCUT2D eigenvalue weighted by Gasteiger charge is 2.27. The lowest BCUT2D eigenvalue weighted by atomic mass is 10.2. The number of aromatic nitrogens is 1. The first kappa shape index (κ1) is 12.9. The topological polar surface area (TPSA) is 73.1 Å². The van der Waals surface area contributed by atoms with Crippen molar-refractivity contribution >= 4 is 38.5 Å². The van der Waals surface area contributed by atoms with Crippen LogP contribution in [0.4, 0.5) is 14.5 Å². The highest BCUT2D eigenvalue weighted by atomic mass is 79.9. The Kier molecular flexibility index (Phi) is 3.87. The van der Waals surface area contributed by atoms with Crippen LogP contribution in [0.3, 0.4) is 0 Å². The van der Waals surface area contributed by atoms with Crippen LogP contribution >= 0.6 is 27.5 Å². The molecule has 0 atom stereocenters. The van der Waals surface area contributed by atoms with Gasteiger partial charge in [0.05, 0.1) is 9.40 Å². The Labute approximate surface area is 101 Å². The summed E-state index contributed by atoms with van der Waals surface area (Å²) in [6.45, 7) is 0. The van der Waals surface area contributed by atoms with Crippen molar-refractivity contribution in [2.75, 3.05) is 0 Å². The minimum atomic E-state index is -2.95. The maximum Gasteiger partial charge on any atom is 0.314 e. The quantitative estimate of drug-likeness (QED) is 0.488. The summed E-state index contributed by atoms with van der Waals surface area (Å²) < 4.78 is 24.4. The van der Waals surface area contributed by atoms with Gasteiger partial charge in [0.25, 0.3) is 11.7 Å². The lowest BCUT2D eigenvalue weighted by molar-refractivity contribution is -0.386. The third-order valence-corrected chi connectivity index (χ3v) is 2.34. The average molecular weight is 315 g/mol. The molecule has 1 aromatic heterocycles. The smallest absolute Gasteiger partial charge is 0.274 e. The Morgan fingerprint density at radius 3 is 2.56 bits per heavy atom. The van der Waals surface area contributed by atoms with Gasteiger partial charge >= 0.3 is 5.69 Å². The zero-order valence-electron chi connectivity index (χ0n) is 7.29. The van der Waals surface area contributed by atoms with E-state index in [2.05, 4.69) is 20.9 Å². The van der Waals surface area contributed by atoms with Crippen molar-refractivity contribution in [1.82, 2.24) is 4.98 Å². The molecule has 0 radical (unpaired) electrons. The molecule has 0 bridgehead atoms. The maximum atomic E-state index is 12.3. The van der Waals surface area contributed by atoms with Crippen molar-refractivity contribution in [1.29, 1.82) is 0 Å². The average Bonchev–Trinajstić information content (AvgIpc) is 2.15. The Morgan fingerprint density at radius 2 is 2.19 bits per heavy atom. The van der Waals surface area contributed by atoms with Crippen LogP contribution in [0.1, 0.15) is 22.6 Å². The summed E-state index contributed by atoms with van der Waals surface area (Å²) in [5, 5.41) is 9.30. The zero-order valence-corrected chi connectivity index (χ0v) is 9.63. The van der Waals surface area contributed by atoms with Gasteiger partial charge in [-0.1, -0.05) is 0 Å². The standard InChI is InChI=1S/C7H2BrClF2N2O3/c8-2-1-3(7(10)11)12-4(6(9)14)5(2)13(15)16/h1,7H. The number of carbonyl (C=O) groups is 1. The number of hydrogen-bond donors (Lipinski definition) is 0. The number of pyridine rings is 1. The van der Waals surface area contributed by atoms with Crippen LogP contribution < -0.4 is 0 Å².